The third-order valence-electron chi connectivity index (χ3n) is 7.40. The van der Waals surface area contributed by atoms with Crippen LogP contribution in [0.25, 0.3) is 67.1 Å². The zero-order valence-corrected chi connectivity index (χ0v) is 22.6. The molecule has 0 N–H and O–H groups in total. The molecule has 0 bridgehead atoms. The maximum atomic E-state index is 9.18. The molecule has 4 heteroatoms. The van der Waals surface area contributed by atoms with Gasteiger partial charge in [-0.05, 0) is 35.4 Å². The molecule has 0 fully saturated rings. The van der Waals surface area contributed by atoms with E-state index in [1.54, 1.807) is 0 Å². The predicted molar refractivity (Wildman–Crippen MR) is 169 cm³/mol. The summed E-state index contributed by atoms with van der Waals surface area (Å²) in [5, 5.41) is 10.2. The van der Waals surface area contributed by atoms with Crippen LogP contribution in [0.1, 0.15) is 5.56 Å². The van der Waals surface area contributed by atoms with E-state index >= 15 is 0 Å². The van der Waals surface area contributed by atoms with Crippen LogP contribution in [-0.4, -0.2) is 15.0 Å². The zero-order chi connectivity index (χ0) is 28.3. The Morgan fingerprint density at radius 1 is 0.429 bits per heavy atom. The Kier molecular flexibility index (Phi) is 6.52. The van der Waals surface area contributed by atoms with Gasteiger partial charge in [-0.15, -0.1) is 0 Å². The number of fused-ring (bicyclic) bond motifs is 1. The van der Waals surface area contributed by atoms with Gasteiger partial charge in [-0.25, -0.2) is 9.97 Å². The number of hydrogen-bond donors (Lipinski definition) is 0. The van der Waals surface area contributed by atoms with E-state index in [1.807, 2.05) is 85.1 Å². The average Bonchev–Trinajstić information content (AvgIpc) is 3.08. The molecule has 0 aliphatic rings. The molecule has 2 aromatic heterocycles. The molecule has 0 saturated carbocycles. The van der Waals surface area contributed by atoms with Crippen molar-refractivity contribution in [2.45, 2.75) is 0 Å². The van der Waals surface area contributed by atoms with Crippen LogP contribution in [0, 0.1) is 11.3 Å². The molecule has 0 unspecified atom stereocenters. The molecule has 4 nitrogen and oxygen atoms in total. The predicted octanol–water partition coefficient (Wildman–Crippen LogP) is 9.23. The van der Waals surface area contributed by atoms with Crippen molar-refractivity contribution in [3.05, 3.63) is 151 Å². The number of benzene rings is 5. The van der Waals surface area contributed by atoms with Gasteiger partial charge in [0.1, 0.15) is 0 Å². The Morgan fingerprint density at radius 3 is 1.57 bits per heavy atom. The fraction of sp³-hybridized carbons (Fsp3) is 0. The summed E-state index contributed by atoms with van der Waals surface area (Å²) in [7, 11) is 0. The number of nitrogens with zero attached hydrogens (tertiary/aromatic N) is 4. The van der Waals surface area contributed by atoms with Crippen LogP contribution < -0.4 is 0 Å². The summed E-state index contributed by atoms with van der Waals surface area (Å²) in [6.07, 6.45) is 1.81. The van der Waals surface area contributed by atoms with Crippen LogP contribution in [0.5, 0.6) is 0 Å². The van der Waals surface area contributed by atoms with E-state index < -0.39 is 0 Å². The minimum absolute atomic E-state index is 0.645. The zero-order valence-electron chi connectivity index (χ0n) is 22.6. The highest BCUT2D eigenvalue weighted by molar-refractivity contribution is 5.98. The van der Waals surface area contributed by atoms with Gasteiger partial charge in [0, 0.05) is 33.8 Å². The third-order valence-corrected chi connectivity index (χ3v) is 7.40. The normalized spacial score (nSPS) is 10.8. The molecular weight excluding hydrogens is 512 g/mol. The van der Waals surface area contributed by atoms with Gasteiger partial charge in [-0.2, -0.15) is 5.26 Å². The number of hydrogen-bond acceptors (Lipinski definition) is 4. The van der Waals surface area contributed by atoms with E-state index in [0.29, 0.717) is 5.56 Å². The van der Waals surface area contributed by atoms with Gasteiger partial charge in [-0.3, -0.25) is 4.98 Å². The quantitative estimate of drug-likeness (QED) is 0.220. The van der Waals surface area contributed by atoms with Gasteiger partial charge in [0.25, 0.3) is 0 Å². The van der Waals surface area contributed by atoms with Crippen LogP contribution in [0.3, 0.4) is 0 Å². The number of rotatable bonds is 5. The van der Waals surface area contributed by atoms with Crippen molar-refractivity contribution in [3.8, 4) is 62.2 Å². The molecule has 0 spiro atoms. The van der Waals surface area contributed by atoms with E-state index in [2.05, 4.69) is 71.7 Å². The molecule has 0 amide bonds. The molecule has 0 atom stereocenters. The standard InChI is InChI=1S/C38H24N4/c39-25-26-16-18-27(19-17-26)28-20-22-31(23-21-28)37-38(33-13-7-15-34-32(33)14-8-24-40-34)42-36(30-11-5-2-6-12-30)35(41-37)29-9-3-1-4-10-29/h1-24H. The Hall–Kier alpha value is -5.92. The summed E-state index contributed by atoms with van der Waals surface area (Å²) in [5.41, 5.74) is 10.9. The topological polar surface area (TPSA) is 62.5 Å². The second kappa shape index (κ2) is 10.9. The average molecular weight is 537 g/mol. The van der Waals surface area contributed by atoms with Gasteiger partial charge in [0.05, 0.1) is 39.9 Å². The van der Waals surface area contributed by atoms with Crippen LogP contribution in [0.15, 0.2) is 146 Å². The van der Waals surface area contributed by atoms with Gasteiger partial charge in [0.2, 0.25) is 0 Å². The van der Waals surface area contributed by atoms with Gasteiger partial charge < -0.3 is 0 Å². The van der Waals surface area contributed by atoms with Crippen molar-refractivity contribution < 1.29 is 0 Å². The Morgan fingerprint density at radius 2 is 0.952 bits per heavy atom. The molecule has 0 radical (unpaired) electrons. The molecule has 5 aromatic carbocycles. The third kappa shape index (κ3) is 4.70. The molecule has 0 aliphatic heterocycles. The second-order valence-corrected chi connectivity index (χ2v) is 9.99. The van der Waals surface area contributed by atoms with E-state index in [9.17, 15) is 5.26 Å². The lowest BCUT2D eigenvalue weighted by molar-refractivity contribution is 1.22. The van der Waals surface area contributed by atoms with Crippen LogP contribution in [0.2, 0.25) is 0 Å². The van der Waals surface area contributed by atoms with E-state index in [-0.39, 0.29) is 0 Å². The summed E-state index contributed by atoms with van der Waals surface area (Å²) in [4.78, 5) is 15.4. The van der Waals surface area contributed by atoms with E-state index in [4.69, 9.17) is 9.97 Å². The first-order chi connectivity index (χ1) is 20.8. The van der Waals surface area contributed by atoms with Crippen molar-refractivity contribution in [1.82, 2.24) is 15.0 Å². The molecular formula is C38H24N4. The summed E-state index contributed by atoms with van der Waals surface area (Å²) < 4.78 is 0. The van der Waals surface area contributed by atoms with Gasteiger partial charge in [-0.1, -0.05) is 115 Å². The SMILES string of the molecule is N#Cc1ccc(-c2ccc(-c3nc(-c4ccccc4)c(-c4ccccc4)nc3-c3cccc4ncccc34)cc2)cc1. The van der Waals surface area contributed by atoms with E-state index in [0.717, 1.165) is 67.1 Å². The van der Waals surface area contributed by atoms with Crippen molar-refractivity contribution in [2.75, 3.05) is 0 Å². The minimum atomic E-state index is 0.645. The Balaban J connectivity index is 1.48. The highest BCUT2D eigenvalue weighted by Gasteiger charge is 2.20. The van der Waals surface area contributed by atoms with E-state index in [1.165, 1.54) is 0 Å². The summed E-state index contributed by atoms with van der Waals surface area (Å²) in [5.74, 6) is 0. The fourth-order valence-corrected chi connectivity index (χ4v) is 5.29. The maximum absolute atomic E-state index is 9.18. The Bertz CT molecular complexity index is 2060. The fourth-order valence-electron chi connectivity index (χ4n) is 5.29. The second-order valence-electron chi connectivity index (χ2n) is 9.99. The molecule has 196 valence electrons. The van der Waals surface area contributed by atoms with Crippen molar-refractivity contribution in [3.63, 3.8) is 0 Å². The first-order valence-electron chi connectivity index (χ1n) is 13.8. The molecule has 42 heavy (non-hydrogen) atoms. The van der Waals surface area contributed by atoms with Crippen LogP contribution in [0.4, 0.5) is 0 Å². The maximum Gasteiger partial charge on any atom is 0.0991 e. The largest absolute Gasteiger partial charge is 0.256 e. The first-order valence-corrected chi connectivity index (χ1v) is 13.8. The number of aromatic nitrogens is 3. The highest BCUT2D eigenvalue weighted by atomic mass is 14.9. The Labute approximate surface area is 244 Å². The highest BCUT2D eigenvalue weighted by Crippen LogP contribution is 2.39. The van der Waals surface area contributed by atoms with Crippen LogP contribution >= 0.6 is 0 Å². The lowest BCUT2D eigenvalue weighted by Gasteiger charge is -2.17. The summed E-state index contributed by atoms with van der Waals surface area (Å²) in [6.45, 7) is 0. The molecule has 2 heterocycles. The first kappa shape index (κ1) is 25.1. The summed E-state index contributed by atoms with van der Waals surface area (Å²) >= 11 is 0. The van der Waals surface area contributed by atoms with Gasteiger partial charge in [0.15, 0.2) is 0 Å². The monoisotopic (exact) mass is 536 g/mol. The molecule has 7 aromatic rings. The molecule has 7 rings (SSSR count). The number of nitriles is 1. The van der Waals surface area contributed by atoms with Crippen molar-refractivity contribution in [1.29, 1.82) is 5.26 Å². The van der Waals surface area contributed by atoms with Crippen molar-refractivity contribution >= 4 is 10.9 Å². The lowest BCUT2D eigenvalue weighted by atomic mass is 9.96. The smallest absolute Gasteiger partial charge is 0.0991 e. The molecule has 0 saturated heterocycles. The summed E-state index contributed by atoms with van der Waals surface area (Å²) in [6, 6.07) is 48.9. The minimum Gasteiger partial charge on any atom is -0.256 e. The lowest BCUT2D eigenvalue weighted by Crippen LogP contribution is -2.01. The van der Waals surface area contributed by atoms with Gasteiger partial charge >= 0.3 is 0 Å². The van der Waals surface area contributed by atoms with Crippen LogP contribution in [-0.2, 0) is 0 Å². The van der Waals surface area contributed by atoms with Crippen molar-refractivity contribution in [2.24, 2.45) is 0 Å². The number of pyridine rings is 1. The molecule has 0 aliphatic carbocycles.